The quantitative estimate of drug-likeness (QED) is 0.523. The van der Waals surface area contributed by atoms with E-state index in [0.717, 1.165) is 5.56 Å². The van der Waals surface area contributed by atoms with E-state index in [-0.39, 0.29) is 5.91 Å². The summed E-state index contributed by atoms with van der Waals surface area (Å²) in [7, 11) is 1.57. The summed E-state index contributed by atoms with van der Waals surface area (Å²) in [6.07, 6.45) is 0. The zero-order valence-electron chi connectivity index (χ0n) is 12.5. The Labute approximate surface area is 129 Å². The normalized spacial score (nSPS) is 11.2. The predicted octanol–water partition coefficient (Wildman–Crippen LogP) is 2.86. The highest BCUT2D eigenvalue weighted by Gasteiger charge is 2.23. The van der Waals surface area contributed by atoms with Crippen LogP contribution in [0.5, 0.6) is 5.75 Å². The van der Waals surface area contributed by atoms with Gasteiger partial charge in [-0.15, -0.1) is 0 Å². The number of ether oxygens (including phenoxy) is 1. The molecule has 0 radical (unpaired) electrons. The molecule has 0 aliphatic rings. The predicted molar refractivity (Wildman–Crippen MR) is 83.9 cm³/mol. The molecule has 1 amide bonds. The summed E-state index contributed by atoms with van der Waals surface area (Å²) in [4.78, 5) is 15.6. The van der Waals surface area contributed by atoms with E-state index in [1.807, 2.05) is 30.3 Å². The lowest BCUT2D eigenvalue weighted by Gasteiger charge is -2.14. The number of benzene rings is 2. The van der Waals surface area contributed by atoms with E-state index in [4.69, 9.17) is 10.3 Å². The summed E-state index contributed by atoms with van der Waals surface area (Å²) in [5, 5.41) is 2.87. The lowest BCUT2D eigenvalue weighted by Crippen LogP contribution is -2.33. The highest BCUT2D eigenvalue weighted by atomic mass is 16.5. The van der Waals surface area contributed by atoms with Crippen LogP contribution in [-0.2, 0) is 0 Å². The summed E-state index contributed by atoms with van der Waals surface area (Å²) in [6, 6.07) is 15.7. The van der Waals surface area contributed by atoms with Crippen molar-refractivity contribution in [2.75, 3.05) is 7.11 Å². The van der Waals surface area contributed by atoms with Crippen LogP contribution < -0.4 is 10.1 Å². The third kappa shape index (κ3) is 3.59. The molecule has 0 aromatic heterocycles. The van der Waals surface area contributed by atoms with Crippen LogP contribution in [0.3, 0.4) is 0 Å². The molecule has 2 rings (SSSR count). The molecule has 1 N–H and O–H groups in total. The largest absolute Gasteiger partial charge is 0.497 e. The molecule has 1 unspecified atom stereocenters. The number of nitrogens with zero attached hydrogens (tertiary/aromatic N) is 2. The highest BCUT2D eigenvalue weighted by molar-refractivity contribution is 5.98. The average molecular weight is 295 g/mol. The second-order valence-corrected chi connectivity index (χ2v) is 4.79. The van der Waals surface area contributed by atoms with Crippen LogP contribution in [0.2, 0.25) is 0 Å². The lowest BCUT2D eigenvalue weighted by molar-refractivity contribution is -0.0116. The van der Waals surface area contributed by atoms with Gasteiger partial charge < -0.3 is 15.6 Å². The number of amides is 1. The average Bonchev–Trinajstić information content (AvgIpc) is 2.59. The van der Waals surface area contributed by atoms with E-state index in [0.29, 0.717) is 17.0 Å². The number of hydrogen-bond acceptors (Lipinski definition) is 2. The Morgan fingerprint density at radius 3 is 2.32 bits per heavy atom. The SMILES string of the molecule is COc1ccc(C(=O)NC(C(C)=[N+]=[N-])c2ccccc2)cc1. The zero-order chi connectivity index (χ0) is 15.9. The van der Waals surface area contributed by atoms with E-state index in [1.54, 1.807) is 38.3 Å². The Morgan fingerprint density at radius 1 is 1.14 bits per heavy atom. The first-order chi connectivity index (χ1) is 10.7. The molecule has 0 heterocycles. The van der Waals surface area contributed by atoms with Crippen molar-refractivity contribution in [2.45, 2.75) is 13.0 Å². The second kappa shape index (κ2) is 7.20. The maximum absolute atomic E-state index is 12.4. The smallest absolute Gasteiger partial charge is 0.292 e. The molecule has 2 aromatic rings. The van der Waals surface area contributed by atoms with Gasteiger partial charge in [0.2, 0.25) is 0 Å². The van der Waals surface area contributed by atoms with Crippen LogP contribution in [0.1, 0.15) is 28.9 Å². The van der Waals surface area contributed by atoms with Gasteiger partial charge in [-0.25, -0.2) is 0 Å². The molecule has 0 saturated heterocycles. The fourth-order valence-electron chi connectivity index (χ4n) is 2.09. The number of carbonyl (C=O) groups is 1. The maximum Gasteiger partial charge on any atom is 0.292 e. The molecule has 22 heavy (non-hydrogen) atoms. The van der Waals surface area contributed by atoms with Crippen LogP contribution in [0.15, 0.2) is 54.6 Å². The van der Waals surface area contributed by atoms with Crippen molar-refractivity contribution in [3.63, 3.8) is 0 Å². The van der Waals surface area contributed by atoms with E-state index in [9.17, 15) is 4.79 Å². The summed E-state index contributed by atoms with van der Waals surface area (Å²) >= 11 is 0. The Bertz CT molecular complexity index is 690. The summed E-state index contributed by atoms with van der Waals surface area (Å²) in [5.74, 6) is 0.434. The Kier molecular flexibility index (Phi) is 5.07. The number of carbonyl (C=O) groups excluding carboxylic acids is 1. The Morgan fingerprint density at radius 2 is 1.77 bits per heavy atom. The molecule has 5 nitrogen and oxygen atoms in total. The first-order valence-electron chi connectivity index (χ1n) is 6.84. The van der Waals surface area contributed by atoms with Gasteiger partial charge in [0, 0.05) is 12.5 Å². The molecule has 5 heteroatoms. The van der Waals surface area contributed by atoms with Crippen molar-refractivity contribution in [3.05, 3.63) is 71.3 Å². The molecule has 2 aromatic carbocycles. The van der Waals surface area contributed by atoms with Crippen LogP contribution in [0, 0.1) is 0 Å². The minimum absolute atomic E-state index is 0.250. The molecule has 0 aliphatic carbocycles. The van der Waals surface area contributed by atoms with E-state index in [1.165, 1.54) is 0 Å². The van der Waals surface area contributed by atoms with Gasteiger partial charge in [0.25, 0.3) is 11.6 Å². The molecule has 0 aliphatic heterocycles. The minimum atomic E-state index is -0.485. The van der Waals surface area contributed by atoms with E-state index < -0.39 is 6.04 Å². The van der Waals surface area contributed by atoms with Crippen molar-refractivity contribution in [1.29, 1.82) is 0 Å². The maximum atomic E-state index is 12.4. The molecule has 0 spiro atoms. The third-order valence-corrected chi connectivity index (χ3v) is 3.34. The summed E-state index contributed by atoms with van der Waals surface area (Å²) in [6.45, 7) is 1.66. The molecule has 0 fully saturated rings. The van der Waals surface area contributed by atoms with Gasteiger partial charge in [-0.05, 0) is 29.8 Å². The van der Waals surface area contributed by atoms with Gasteiger partial charge in [0.1, 0.15) is 5.75 Å². The van der Waals surface area contributed by atoms with Gasteiger partial charge in [-0.3, -0.25) is 4.79 Å². The minimum Gasteiger partial charge on any atom is -0.497 e. The molecule has 0 bridgehead atoms. The summed E-state index contributed by atoms with van der Waals surface area (Å²) < 4.78 is 5.07. The number of hydrogen-bond donors (Lipinski definition) is 1. The van der Waals surface area contributed by atoms with Gasteiger partial charge in [0.05, 0.1) is 7.11 Å². The highest BCUT2D eigenvalue weighted by Crippen LogP contribution is 2.16. The lowest BCUT2D eigenvalue weighted by atomic mass is 10.0. The van der Waals surface area contributed by atoms with Gasteiger partial charge in [0.15, 0.2) is 6.04 Å². The standard InChI is InChI=1S/C17H17N3O2/c1-12(20-18)16(13-6-4-3-5-7-13)19-17(21)14-8-10-15(22-2)11-9-14/h3-11,16H,1-2H3,(H,19,21). The second-order valence-electron chi connectivity index (χ2n) is 4.79. The van der Waals surface area contributed by atoms with Crippen LogP contribution in [0.25, 0.3) is 5.53 Å². The molecule has 1 atom stereocenters. The molecular formula is C17H17N3O2. The number of nitrogens with one attached hydrogen (secondary N) is 1. The first kappa shape index (κ1) is 15.5. The Hall–Kier alpha value is -2.91. The van der Waals surface area contributed by atoms with Crippen molar-refractivity contribution in [3.8, 4) is 5.75 Å². The van der Waals surface area contributed by atoms with Crippen molar-refractivity contribution in [1.82, 2.24) is 5.32 Å². The fourth-order valence-corrected chi connectivity index (χ4v) is 2.09. The van der Waals surface area contributed by atoms with Gasteiger partial charge in [-0.1, -0.05) is 30.3 Å². The Balaban J connectivity index is 2.23. The van der Waals surface area contributed by atoms with E-state index in [2.05, 4.69) is 10.1 Å². The van der Waals surface area contributed by atoms with Crippen LogP contribution in [0.4, 0.5) is 0 Å². The van der Waals surface area contributed by atoms with Gasteiger partial charge >= 0.3 is 0 Å². The fraction of sp³-hybridized carbons (Fsp3) is 0.176. The number of methoxy groups -OCH3 is 1. The zero-order valence-corrected chi connectivity index (χ0v) is 12.5. The van der Waals surface area contributed by atoms with Gasteiger partial charge in [-0.2, -0.15) is 4.79 Å². The first-order valence-corrected chi connectivity index (χ1v) is 6.84. The van der Waals surface area contributed by atoms with Crippen molar-refractivity contribution < 1.29 is 14.3 Å². The van der Waals surface area contributed by atoms with Crippen LogP contribution in [-0.4, -0.2) is 23.5 Å². The molecule has 112 valence electrons. The van der Waals surface area contributed by atoms with Crippen molar-refractivity contribution in [2.24, 2.45) is 0 Å². The molecular weight excluding hydrogens is 278 g/mol. The summed E-state index contributed by atoms with van der Waals surface area (Å²) in [5.41, 5.74) is 10.8. The van der Waals surface area contributed by atoms with Crippen LogP contribution >= 0.6 is 0 Å². The monoisotopic (exact) mass is 295 g/mol. The molecule has 0 saturated carbocycles. The van der Waals surface area contributed by atoms with Crippen molar-refractivity contribution >= 4 is 11.6 Å². The van der Waals surface area contributed by atoms with E-state index >= 15 is 0 Å². The third-order valence-electron chi connectivity index (χ3n) is 3.34. The topological polar surface area (TPSA) is 74.7 Å². The number of rotatable bonds is 5.